The highest BCUT2D eigenvalue weighted by Crippen LogP contribution is 2.07. The molecule has 1 aromatic carbocycles. The number of ether oxygens (including phenoxy) is 2. The Balaban J connectivity index is 2.07. The monoisotopic (exact) mass is 267 g/mol. The summed E-state index contributed by atoms with van der Waals surface area (Å²) in [5.74, 6) is 0.863. The molecule has 1 aromatic rings. The first kappa shape index (κ1) is 16.0. The Bertz CT molecular complexity index is 306. The zero-order valence-corrected chi connectivity index (χ0v) is 11.7. The molecular weight excluding hydrogens is 242 g/mol. The van der Waals surface area contributed by atoms with E-state index < -0.39 is 0 Å². The van der Waals surface area contributed by atoms with Crippen LogP contribution in [-0.4, -0.2) is 44.1 Å². The molecule has 0 saturated carbocycles. The molecule has 0 aliphatic rings. The molecule has 2 N–H and O–H groups in total. The topological polar surface area (TPSA) is 50.7 Å². The van der Waals surface area contributed by atoms with Gasteiger partial charge in [-0.05, 0) is 31.5 Å². The van der Waals surface area contributed by atoms with Crippen LogP contribution in [0.3, 0.4) is 0 Å². The third-order valence-corrected chi connectivity index (χ3v) is 2.72. The minimum absolute atomic E-state index is 0.186. The maximum atomic E-state index is 8.97. The van der Waals surface area contributed by atoms with Gasteiger partial charge in [0.25, 0.3) is 0 Å². The average Bonchev–Trinajstić information content (AvgIpc) is 2.45. The Labute approximate surface area is 115 Å². The second-order valence-electron chi connectivity index (χ2n) is 4.40. The summed E-state index contributed by atoms with van der Waals surface area (Å²) in [6.07, 6.45) is 1.80. The van der Waals surface area contributed by atoms with Crippen LogP contribution in [0.15, 0.2) is 30.3 Å². The van der Waals surface area contributed by atoms with E-state index in [9.17, 15) is 0 Å². The van der Waals surface area contributed by atoms with Crippen LogP contribution in [0.5, 0.6) is 5.75 Å². The van der Waals surface area contributed by atoms with E-state index >= 15 is 0 Å². The van der Waals surface area contributed by atoms with Crippen molar-refractivity contribution in [3.8, 4) is 5.75 Å². The number of aliphatic hydroxyl groups excluding tert-OH is 1. The van der Waals surface area contributed by atoms with Crippen LogP contribution in [0.25, 0.3) is 0 Å². The van der Waals surface area contributed by atoms with Crippen molar-refractivity contribution in [2.75, 3.05) is 33.0 Å². The smallest absolute Gasteiger partial charge is 0.119 e. The number of nitrogens with one attached hydrogen (secondary N) is 1. The lowest BCUT2D eigenvalue weighted by Gasteiger charge is -2.17. The van der Waals surface area contributed by atoms with E-state index in [1.54, 1.807) is 0 Å². The molecular formula is C15H25NO3. The number of para-hydroxylation sites is 1. The lowest BCUT2D eigenvalue weighted by Crippen LogP contribution is -2.35. The van der Waals surface area contributed by atoms with Crippen molar-refractivity contribution in [2.45, 2.75) is 25.8 Å². The zero-order valence-electron chi connectivity index (χ0n) is 11.7. The molecule has 0 saturated heterocycles. The maximum Gasteiger partial charge on any atom is 0.119 e. The van der Waals surface area contributed by atoms with Crippen LogP contribution in [0.2, 0.25) is 0 Å². The van der Waals surface area contributed by atoms with E-state index in [2.05, 4.69) is 12.2 Å². The molecule has 0 amide bonds. The molecule has 0 heterocycles. The minimum atomic E-state index is 0.186. The summed E-state index contributed by atoms with van der Waals surface area (Å²) in [6, 6.07) is 9.93. The first-order valence-corrected chi connectivity index (χ1v) is 6.96. The largest absolute Gasteiger partial charge is 0.491 e. The van der Waals surface area contributed by atoms with Crippen LogP contribution < -0.4 is 10.1 Å². The van der Waals surface area contributed by atoms with Crippen LogP contribution in [0.4, 0.5) is 0 Å². The quantitative estimate of drug-likeness (QED) is 0.601. The highest BCUT2D eigenvalue weighted by atomic mass is 16.5. The van der Waals surface area contributed by atoms with E-state index in [0.717, 1.165) is 25.1 Å². The van der Waals surface area contributed by atoms with Gasteiger partial charge in [0.15, 0.2) is 0 Å². The van der Waals surface area contributed by atoms with Gasteiger partial charge < -0.3 is 19.9 Å². The zero-order chi connectivity index (χ0) is 13.8. The van der Waals surface area contributed by atoms with Gasteiger partial charge in [0.2, 0.25) is 0 Å². The van der Waals surface area contributed by atoms with Crippen molar-refractivity contribution in [3.63, 3.8) is 0 Å². The summed E-state index contributed by atoms with van der Waals surface area (Å²) >= 11 is 0. The average molecular weight is 267 g/mol. The fraction of sp³-hybridized carbons (Fsp3) is 0.600. The number of hydrogen-bond acceptors (Lipinski definition) is 4. The Morgan fingerprint density at radius 2 is 2.00 bits per heavy atom. The Morgan fingerprint density at radius 3 is 2.68 bits per heavy atom. The van der Waals surface area contributed by atoms with Crippen molar-refractivity contribution in [1.82, 2.24) is 5.32 Å². The molecule has 0 radical (unpaired) electrons. The molecule has 0 aliphatic carbocycles. The van der Waals surface area contributed by atoms with E-state index in [4.69, 9.17) is 14.6 Å². The third kappa shape index (κ3) is 7.82. The SMILES string of the molecule is CCCNC(CCO)COCCOc1ccccc1. The molecule has 0 aliphatic heterocycles. The summed E-state index contributed by atoms with van der Waals surface area (Å²) in [7, 11) is 0. The second kappa shape index (κ2) is 10.8. The second-order valence-corrected chi connectivity index (χ2v) is 4.40. The lowest BCUT2D eigenvalue weighted by molar-refractivity contribution is 0.0772. The van der Waals surface area contributed by atoms with Gasteiger partial charge in [0, 0.05) is 12.6 Å². The van der Waals surface area contributed by atoms with Gasteiger partial charge >= 0.3 is 0 Å². The summed E-state index contributed by atoms with van der Waals surface area (Å²) in [6.45, 7) is 4.98. The molecule has 0 fully saturated rings. The van der Waals surface area contributed by atoms with Crippen LogP contribution >= 0.6 is 0 Å². The normalized spacial score (nSPS) is 12.3. The molecule has 0 spiro atoms. The molecule has 1 unspecified atom stereocenters. The number of benzene rings is 1. The van der Waals surface area contributed by atoms with Crippen LogP contribution in [0, 0.1) is 0 Å². The molecule has 108 valence electrons. The van der Waals surface area contributed by atoms with E-state index in [1.165, 1.54) is 0 Å². The van der Waals surface area contributed by atoms with Crippen LogP contribution in [0.1, 0.15) is 19.8 Å². The number of hydrogen-bond donors (Lipinski definition) is 2. The first-order chi connectivity index (χ1) is 9.36. The van der Waals surface area contributed by atoms with Gasteiger partial charge in [-0.3, -0.25) is 0 Å². The van der Waals surface area contributed by atoms with E-state index in [-0.39, 0.29) is 12.6 Å². The minimum Gasteiger partial charge on any atom is -0.491 e. The van der Waals surface area contributed by atoms with Gasteiger partial charge in [-0.25, -0.2) is 0 Å². The Morgan fingerprint density at radius 1 is 1.21 bits per heavy atom. The number of aliphatic hydroxyl groups is 1. The highest BCUT2D eigenvalue weighted by molar-refractivity contribution is 5.20. The molecule has 0 bridgehead atoms. The van der Waals surface area contributed by atoms with Gasteiger partial charge in [-0.1, -0.05) is 25.1 Å². The van der Waals surface area contributed by atoms with Gasteiger partial charge in [-0.2, -0.15) is 0 Å². The number of rotatable bonds is 11. The van der Waals surface area contributed by atoms with E-state index in [0.29, 0.717) is 19.8 Å². The van der Waals surface area contributed by atoms with Crippen LogP contribution in [-0.2, 0) is 4.74 Å². The predicted octanol–water partition coefficient (Wildman–Crippen LogP) is 1.83. The first-order valence-electron chi connectivity index (χ1n) is 6.96. The molecule has 1 atom stereocenters. The van der Waals surface area contributed by atoms with Crippen molar-refractivity contribution in [1.29, 1.82) is 0 Å². The predicted molar refractivity (Wildman–Crippen MR) is 76.5 cm³/mol. The molecule has 4 nitrogen and oxygen atoms in total. The fourth-order valence-electron chi connectivity index (χ4n) is 1.71. The molecule has 19 heavy (non-hydrogen) atoms. The molecule has 0 aromatic heterocycles. The third-order valence-electron chi connectivity index (χ3n) is 2.72. The lowest BCUT2D eigenvalue weighted by atomic mass is 10.2. The standard InChI is InChI=1S/C15H25NO3/c1-2-9-16-14(8-10-17)13-18-11-12-19-15-6-4-3-5-7-15/h3-7,14,16-17H,2,8-13H2,1H3. The Kier molecular flexibility index (Phi) is 9.06. The summed E-state index contributed by atoms with van der Waals surface area (Å²) in [5.41, 5.74) is 0. The highest BCUT2D eigenvalue weighted by Gasteiger charge is 2.06. The van der Waals surface area contributed by atoms with Gasteiger partial charge in [-0.15, -0.1) is 0 Å². The van der Waals surface area contributed by atoms with Crippen molar-refractivity contribution in [2.24, 2.45) is 0 Å². The summed E-state index contributed by atoms with van der Waals surface area (Å²) < 4.78 is 11.1. The van der Waals surface area contributed by atoms with Gasteiger partial charge in [0.05, 0.1) is 13.2 Å². The summed E-state index contributed by atoms with van der Waals surface area (Å²) in [5, 5.41) is 12.3. The van der Waals surface area contributed by atoms with Crippen molar-refractivity contribution >= 4 is 0 Å². The van der Waals surface area contributed by atoms with Crippen molar-refractivity contribution in [3.05, 3.63) is 30.3 Å². The summed E-state index contributed by atoms with van der Waals surface area (Å²) in [4.78, 5) is 0. The maximum absolute atomic E-state index is 8.97. The van der Waals surface area contributed by atoms with Gasteiger partial charge in [0.1, 0.15) is 12.4 Å². The van der Waals surface area contributed by atoms with Crippen molar-refractivity contribution < 1.29 is 14.6 Å². The molecule has 1 rings (SSSR count). The Hall–Kier alpha value is -1.10. The van der Waals surface area contributed by atoms with E-state index in [1.807, 2.05) is 30.3 Å². The molecule has 4 heteroatoms. The fourth-order valence-corrected chi connectivity index (χ4v) is 1.71.